The Morgan fingerprint density at radius 1 is 0.263 bits per heavy atom. The van der Waals surface area contributed by atoms with Gasteiger partial charge in [-0.25, -0.2) is 40.8 Å². The van der Waals surface area contributed by atoms with Crippen molar-refractivity contribution in [1.29, 1.82) is 0 Å². The van der Waals surface area contributed by atoms with Crippen LogP contribution in [0.5, 0.6) is 63.2 Å². The molecule has 99 heavy (non-hydrogen) atoms. The maximum atomic E-state index is 11.7. The van der Waals surface area contributed by atoms with Gasteiger partial charge >= 0.3 is 49.3 Å². The number of aromatic hydroxyl groups is 7. The normalized spacial score (nSPS) is 9.76. The van der Waals surface area contributed by atoms with E-state index in [-0.39, 0.29) is 108 Å². The number of ether oxygens (including phenoxy) is 4. The van der Waals surface area contributed by atoms with Crippen LogP contribution in [0, 0.1) is 0 Å². The van der Waals surface area contributed by atoms with Crippen molar-refractivity contribution in [3.63, 3.8) is 0 Å². The second-order valence-electron chi connectivity index (χ2n) is 18.5. The van der Waals surface area contributed by atoms with E-state index >= 15 is 0 Å². The Bertz CT molecular complexity index is 4120. The number of carbonyl (C=O) groups excluding carboxylic acids is 4. The predicted molar refractivity (Wildman–Crippen MR) is 355 cm³/mol. The minimum Gasteiger partial charge on any atom is -0.744 e. The molecule has 0 atom stereocenters. The van der Waals surface area contributed by atoms with E-state index in [0.717, 1.165) is 24.3 Å². The molecule has 0 heterocycles. The first kappa shape index (κ1) is 83.7. The number of carboxylic acid groups (broad SMARTS) is 1. The first-order valence-electron chi connectivity index (χ1n) is 27.5. The minimum atomic E-state index is -4.53. The number of benzene rings is 11. The summed E-state index contributed by atoms with van der Waals surface area (Å²) in [5.74, 6) is -3.10. The number of para-hydroxylation sites is 11. The van der Waals surface area contributed by atoms with E-state index < -0.39 is 71.4 Å². The van der Waals surface area contributed by atoms with Crippen LogP contribution in [0.1, 0.15) is 51.8 Å². The predicted octanol–water partition coefficient (Wildman–Crippen LogP) is 10.9. The molecule has 0 fully saturated rings. The van der Waals surface area contributed by atoms with Crippen LogP contribution < -0.4 is 18.9 Å². The van der Waals surface area contributed by atoms with E-state index in [9.17, 15) is 70.3 Å². The Balaban J connectivity index is 0.000000394. The number of hydrogen-bond acceptors (Lipinski definition) is 22. The van der Waals surface area contributed by atoms with Gasteiger partial charge in [-0.1, -0.05) is 158 Å². The number of carbonyl (C=O) groups is 5. The van der Waals surface area contributed by atoms with Crippen LogP contribution in [0.15, 0.2) is 301 Å². The topological polar surface area (TPSA) is 430 Å². The number of aromatic carboxylic acids is 1. The zero-order valence-corrected chi connectivity index (χ0v) is 59.5. The molecule has 11 rings (SSSR count). The third-order valence-electron chi connectivity index (χ3n) is 11.7. The maximum absolute atomic E-state index is 11.7. The van der Waals surface area contributed by atoms with Crippen molar-refractivity contribution >= 4 is 76.3 Å². The number of phenolic OH excluding ortho intramolecular Hbond substituents is 6. The van der Waals surface area contributed by atoms with Gasteiger partial charge in [0, 0.05) is 26.2 Å². The molecule has 0 aliphatic rings. The van der Waals surface area contributed by atoms with Crippen molar-refractivity contribution in [3.05, 3.63) is 319 Å². The number of carboxylic acids is 1. The van der Waals surface area contributed by atoms with Crippen LogP contribution in [-0.2, 0) is 39.7 Å². The minimum absolute atomic E-state index is 0. The maximum Gasteiger partial charge on any atom is 2.00 e. The summed E-state index contributed by atoms with van der Waals surface area (Å²) >= 11 is 0. The Morgan fingerprint density at radius 2 is 0.424 bits per heavy atom. The molecule has 0 aromatic heterocycles. The van der Waals surface area contributed by atoms with E-state index in [1.54, 1.807) is 158 Å². The SMILES string of the molecule is O.O=C(O)c1ccccc1O.O=C(Oc1ccccc1)c1ccccc1O.O=C(Oc1ccccc1)c1ccccc1O.O=C(Oc1ccccc1)c1ccccc1O.O=C(Oc1ccccc1)c1ccccc1O.O=S(=O)([O-])c1ccccc1O.O=S(=O)([O-])c1ccccc1O.[Bi].[Zn+2]. The largest absolute Gasteiger partial charge is 2.00 e. The summed E-state index contributed by atoms with van der Waals surface area (Å²) in [5, 5.41) is 72.9. The summed E-state index contributed by atoms with van der Waals surface area (Å²) in [6.45, 7) is 0. The molecule has 505 valence electrons. The van der Waals surface area contributed by atoms with Gasteiger partial charge in [-0.2, -0.15) is 0 Å². The second kappa shape index (κ2) is 43.0. The van der Waals surface area contributed by atoms with E-state index in [2.05, 4.69) is 0 Å². The number of phenols is 7. The molecule has 0 aliphatic carbocycles. The zero-order valence-electron chi connectivity index (χ0n) is 51.4. The van der Waals surface area contributed by atoms with Crippen molar-refractivity contribution < 1.29 is 135 Å². The number of rotatable bonds is 11. The van der Waals surface area contributed by atoms with Crippen LogP contribution >= 0.6 is 0 Å². The van der Waals surface area contributed by atoms with Crippen LogP contribution in [0.25, 0.3) is 0 Å². The van der Waals surface area contributed by atoms with Gasteiger partial charge in [0.15, 0.2) is 0 Å². The van der Waals surface area contributed by atoms with Crippen molar-refractivity contribution in [2.24, 2.45) is 0 Å². The molecule has 0 bridgehead atoms. The van der Waals surface area contributed by atoms with Gasteiger partial charge < -0.3 is 74.4 Å². The molecule has 0 saturated heterocycles. The Morgan fingerprint density at radius 3 is 0.576 bits per heavy atom. The molecule has 0 amide bonds. The molecule has 0 spiro atoms. The van der Waals surface area contributed by atoms with E-state index in [4.69, 9.17) is 39.4 Å². The third-order valence-corrected chi connectivity index (χ3v) is 13.5. The van der Waals surface area contributed by atoms with Gasteiger partial charge in [-0.15, -0.1) is 0 Å². The van der Waals surface area contributed by atoms with Crippen molar-refractivity contribution in [1.82, 2.24) is 0 Å². The summed E-state index contributed by atoms with van der Waals surface area (Å²) in [4.78, 5) is 55.7. The van der Waals surface area contributed by atoms with E-state index in [0.29, 0.717) is 23.0 Å². The fraction of sp³-hybridized carbons (Fsp3) is 0. The first-order valence-corrected chi connectivity index (χ1v) is 30.4. The Kier molecular flexibility index (Phi) is 36.3. The van der Waals surface area contributed by atoms with Crippen LogP contribution in [0.3, 0.4) is 0 Å². The van der Waals surface area contributed by atoms with Crippen molar-refractivity contribution in [3.8, 4) is 63.2 Å². The van der Waals surface area contributed by atoms with Crippen molar-refractivity contribution in [2.75, 3.05) is 0 Å². The van der Waals surface area contributed by atoms with Crippen molar-refractivity contribution in [2.45, 2.75) is 9.79 Å². The van der Waals surface area contributed by atoms with Gasteiger partial charge in [-0.3, -0.25) is 0 Å². The Hall–Kier alpha value is -11.3. The molecule has 0 saturated carbocycles. The standard InChI is InChI=1S/4C13H10O3.C7H6O3.2C6H6O4S.Bi.H2O.Zn/c4*14-12-9-5-4-8-11(12)13(15)16-10-6-2-1-3-7-10;8-6-4-2-1-3-5(6)7(9)10;2*7-5-3-1-2-4-6(5)11(8,9)10;;;/h4*1-9,14H;1-4,8H,(H,9,10);2*1-4,7H,(H,8,9,10);;1H2;/q;;;;;;;;;+2/p-2. The third kappa shape index (κ3) is 29.3. The molecule has 3 radical (unpaired) electrons. The molecule has 10 N–H and O–H groups in total. The van der Waals surface area contributed by atoms with E-state index in [1.807, 2.05) is 24.3 Å². The number of esters is 4. The number of hydrogen-bond donors (Lipinski definition) is 8. The molecule has 11 aromatic carbocycles. The van der Waals surface area contributed by atoms with Crippen LogP contribution in [0.2, 0.25) is 0 Å². The van der Waals surface area contributed by atoms with E-state index in [1.165, 1.54) is 84.9 Å². The fourth-order valence-electron chi connectivity index (χ4n) is 7.18. The fourth-order valence-corrected chi connectivity index (χ4v) is 8.32. The van der Waals surface area contributed by atoms with Gasteiger partial charge in [0.1, 0.15) is 111 Å². The van der Waals surface area contributed by atoms with Gasteiger partial charge in [0.05, 0.1) is 9.79 Å². The monoisotopic (exact) mass is 1630 g/mol. The molecular formula is C71H58BiO24S2Zn. The molecular weight excluding hydrogens is 1580 g/mol. The summed E-state index contributed by atoms with van der Waals surface area (Å²) in [5.41, 5.74) is 0.568. The van der Waals surface area contributed by atoms with Gasteiger partial charge in [0.2, 0.25) is 0 Å². The summed E-state index contributed by atoms with van der Waals surface area (Å²) in [6.07, 6.45) is 0. The second-order valence-corrected chi connectivity index (χ2v) is 21.2. The zero-order chi connectivity index (χ0) is 70.0. The quantitative estimate of drug-likeness (QED) is 0.0258. The summed E-state index contributed by atoms with van der Waals surface area (Å²) in [6, 6.07) is 75.8. The average Bonchev–Trinajstić information content (AvgIpc) is 0.888. The molecule has 11 aromatic rings. The Labute approximate surface area is 598 Å². The molecule has 28 heteroatoms. The smallest absolute Gasteiger partial charge is 0.744 e. The van der Waals surface area contributed by atoms with Crippen LogP contribution in [0.4, 0.5) is 0 Å². The van der Waals surface area contributed by atoms with Gasteiger partial charge in [-0.05, 0) is 133 Å². The average molecular weight is 1630 g/mol. The molecule has 0 aliphatic heterocycles. The molecule has 24 nitrogen and oxygen atoms in total. The molecule has 0 unspecified atom stereocenters. The van der Waals surface area contributed by atoms with Crippen LogP contribution in [-0.4, -0.2) is 128 Å². The summed E-state index contributed by atoms with van der Waals surface area (Å²) < 4.78 is 82.4. The first-order chi connectivity index (χ1) is 45.8. The summed E-state index contributed by atoms with van der Waals surface area (Å²) in [7, 11) is -9.07. The van der Waals surface area contributed by atoms with Gasteiger partial charge in [0.25, 0.3) is 0 Å².